The average molecular weight is 305 g/mol. The van der Waals surface area contributed by atoms with Crippen molar-refractivity contribution in [1.82, 2.24) is 0 Å². The van der Waals surface area contributed by atoms with Gasteiger partial charge in [0, 0.05) is 5.56 Å². The van der Waals surface area contributed by atoms with Crippen molar-refractivity contribution in [2.24, 2.45) is 5.92 Å². The molecule has 0 amide bonds. The normalized spacial score (nSPS) is 19.3. The van der Waals surface area contributed by atoms with Gasteiger partial charge >= 0.3 is 0 Å². The van der Waals surface area contributed by atoms with E-state index in [0.717, 1.165) is 44.2 Å². The van der Waals surface area contributed by atoms with Crippen LogP contribution in [-0.2, 0) is 0 Å². The van der Waals surface area contributed by atoms with Crippen LogP contribution >= 0.6 is 15.9 Å². The van der Waals surface area contributed by atoms with E-state index in [1.807, 2.05) is 0 Å². The molecule has 1 nitrogen and oxygen atoms in total. The Hall–Kier alpha value is -0.480. The molecule has 2 rings (SSSR count). The lowest BCUT2D eigenvalue weighted by molar-refractivity contribution is 0.0806. The third-order valence-corrected chi connectivity index (χ3v) is 4.28. The molecule has 1 saturated carbocycles. The second kappa shape index (κ2) is 5.44. The van der Waals surface area contributed by atoms with Crippen LogP contribution < -0.4 is 0 Å². The Morgan fingerprint density at radius 3 is 2.35 bits per heavy atom. The summed E-state index contributed by atoms with van der Waals surface area (Å²) >= 11 is 3.02. The first kappa shape index (κ1) is 13.0. The Morgan fingerprint density at radius 1 is 1.12 bits per heavy atom. The molecule has 0 heterocycles. The van der Waals surface area contributed by atoms with Crippen LogP contribution in [-0.4, -0.2) is 5.11 Å². The van der Waals surface area contributed by atoms with Gasteiger partial charge in [-0.15, -0.1) is 0 Å². The molecule has 1 unspecified atom stereocenters. The van der Waals surface area contributed by atoms with Crippen molar-refractivity contribution in [3.63, 3.8) is 0 Å². The van der Waals surface area contributed by atoms with Crippen molar-refractivity contribution in [3.05, 3.63) is 33.8 Å². The van der Waals surface area contributed by atoms with Gasteiger partial charge in [-0.2, -0.15) is 0 Å². The fraction of sp³-hybridized carbons (Fsp3) is 0.538. The SMILES string of the molecule is OC(c1c(F)ccc(F)c1Br)C1CCCCC1. The minimum atomic E-state index is -0.916. The quantitative estimate of drug-likeness (QED) is 0.806. The number of hydrogen-bond donors (Lipinski definition) is 1. The summed E-state index contributed by atoms with van der Waals surface area (Å²) in [4.78, 5) is 0. The Morgan fingerprint density at radius 2 is 1.71 bits per heavy atom. The Balaban J connectivity index is 2.29. The molecule has 1 atom stereocenters. The van der Waals surface area contributed by atoms with E-state index in [9.17, 15) is 13.9 Å². The lowest BCUT2D eigenvalue weighted by Crippen LogP contribution is -2.17. The summed E-state index contributed by atoms with van der Waals surface area (Å²) in [6.45, 7) is 0. The molecular weight excluding hydrogens is 290 g/mol. The van der Waals surface area contributed by atoms with Crippen molar-refractivity contribution in [2.75, 3.05) is 0 Å². The molecule has 1 aliphatic carbocycles. The zero-order chi connectivity index (χ0) is 12.4. The molecule has 17 heavy (non-hydrogen) atoms. The van der Waals surface area contributed by atoms with Crippen molar-refractivity contribution < 1.29 is 13.9 Å². The molecule has 94 valence electrons. The highest BCUT2D eigenvalue weighted by atomic mass is 79.9. The smallest absolute Gasteiger partial charge is 0.137 e. The molecule has 1 aliphatic rings. The Bertz CT molecular complexity index is 403. The van der Waals surface area contributed by atoms with Gasteiger partial charge in [-0.3, -0.25) is 0 Å². The maximum atomic E-state index is 13.7. The maximum absolute atomic E-state index is 13.7. The van der Waals surface area contributed by atoms with Crippen molar-refractivity contribution in [2.45, 2.75) is 38.2 Å². The number of aliphatic hydroxyl groups excluding tert-OH is 1. The number of halogens is 3. The van der Waals surface area contributed by atoms with Gasteiger partial charge in [0.1, 0.15) is 11.6 Å². The molecule has 0 spiro atoms. The van der Waals surface area contributed by atoms with E-state index in [0.29, 0.717) is 0 Å². The molecule has 0 aliphatic heterocycles. The van der Waals surface area contributed by atoms with E-state index in [1.165, 1.54) is 0 Å². The summed E-state index contributed by atoms with van der Waals surface area (Å²) in [5.74, 6) is -1.04. The van der Waals surface area contributed by atoms with Crippen LogP contribution in [0.4, 0.5) is 8.78 Å². The monoisotopic (exact) mass is 304 g/mol. The highest BCUT2D eigenvalue weighted by Crippen LogP contribution is 2.38. The number of aliphatic hydroxyl groups is 1. The molecule has 1 N–H and O–H groups in total. The Kier molecular flexibility index (Phi) is 4.15. The summed E-state index contributed by atoms with van der Waals surface area (Å²) in [5, 5.41) is 10.2. The van der Waals surface area contributed by atoms with Gasteiger partial charge in [0.25, 0.3) is 0 Å². The molecule has 1 aromatic rings. The van der Waals surface area contributed by atoms with Gasteiger partial charge in [0.05, 0.1) is 10.6 Å². The number of rotatable bonds is 2. The lowest BCUT2D eigenvalue weighted by atomic mass is 9.82. The summed E-state index contributed by atoms with van der Waals surface area (Å²) < 4.78 is 27.1. The van der Waals surface area contributed by atoms with Crippen LogP contribution in [0.25, 0.3) is 0 Å². The molecule has 1 fully saturated rings. The van der Waals surface area contributed by atoms with Gasteiger partial charge in [-0.1, -0.05) is 19.3 Å². The predicted molar refractivity (Wildman–Crippen MR) is 65.6 cm³/mol. The van der Waals surface area contributed by atoms with E-state index in [2.05, 4.69) is 15.9 Å². The van der Waals surface area contributed by atoms with E-state index >= 15 is 0 Å². The fourth-order valence-corrected chi connectivity index (χ4v) is 3.06. The van der Waals surface area contributed by atoms with Gasteiger partial charge in [-0.05, 0) is 46.8 Å². The van der Waals surface area contributed by atoms with Crippen LogP contribution in [0, 0.1) is 17.6 Å². The standard InChI is InChI=1S/C13H15BrF2O/c14-12-10(16)7-6-9(15)11(12)13(17)8-4-2-1-3-5-8/h6-8,13,17H,1-5H2. The van der Waals surface area contributed by atoms with Gasteiger partial charge < -0.3 is 5.11 Å². The third-order valence-electron chi connectivity index (χ3n) is 3.47. The molecule has 0 bridgehead atoms. The number of benzene rings is 1. The van der Waals surface area contributed by atoms with Gasteiger partial charge in [-0.25, -0.2) is 8.78 Å². The second-order valence-electron chi connectivity index (χ2n) is 4.60. The Labute approximate surface area is 108 Å². The highest BCUT2D eigenvalue weighted by Gasteiger charge is 2.28. The van der Waals surface area contributed by atoms with Gasteiger partial charge in [0.2, 0.25) is 0 Å². The number of hydrogen-bond acceptors (Lipinski definition) is 1. The van der Waals surface area contributed by atoms with Crippen LogP contribution in [0.15, 0.2) is 16.6 Å². The molecular formula is C13H15BrF2O. The summed E-state index contributed by atoms with van der Waals surface area (Å²) in [7, 11) is 0. The minimum absolute atomic E-state index is 0.0383. The maximum Gasteiger partial charge on any atom is 0.137 e. The van der Waals surface area contributed by atoms with Crippen molar-refractivity contribution in [1.29, 1.82) is 0 Å². The van der Waals surface area contributed by atoms with Crippen LogP contribution in [0.1, 0.15) is 43.8 Å². The van der Waals surface area contributed by atoms with Crippen LogP contribution in [0.3, 0.4) is 0 Å². The van der Waals surface area contributed by atoms with E-state index < -0.39 is 17.7 Å². The fourth-order valence-electron chi connectivity index (χ4n) is 2.50. The molecule has 1 aromatic carbocycles. The first-order valence-corrected chi connectivity index (χ1v) is 6.72. The lowest BCUT2D eigenvalue weighted by Gasteiger charge is -2.27. The first-order valence-electron chi connectivity index (χ1n) is 5.92. The van der Waals surface area contributed by atoms with Gasteiger partial charge in [0.15, 0.2) is 0 Å². The third kappa shape index (κ3) is 2.68. The zero-order valence-corrected chi connectivity index (χ0v) is 11.0. The van der Waals surface area contributed by atoms with Crippen molar-refractivity contribution in [3.8, 4) is 0 Å². The molecule has 0 aromatic heterocycles. The summed E-state index contributed by atoms with van der Waals surface area (Å²) in [6, 6.07) is 2.14. The summed E-state index contributed by atoms with van der Waals surface area (Å²) in [5.41, 5.74) is 0.0666. The molecule has 0 saturated heterocycles. The first-order chi connectivity index (χ1) is 8.11. The largest absolute Gasteiger partial charge is 0.388 e. The van der Waals surface area contributed by atoms with E-state index in [4.69, 9.17) is 0 Å². The molecule has 4 heteroatoms. The topological polar surface area (TPSA) is 20.2 Å². The summed E-state index contributed by atoms with van der Waals surface area (Å²) in [6.07, 6.45) is 4.11. The highest BCUT2D eigenvalue weighted by molar-refractivity contribution is 9.10. The molecule has 0 radical (unpaired) electrons. The van der Waals surface area contributed by atoms with Crippen molar-refractivity contribution >= 4 is 15.9 Å². The van der Waals surface area contributed by atoms with E-state index in [-0.39, 0.29) is 16.0 Å². The van der Waals surface area contributed by atoms with Crippen LogP contribution in [0.5, 0.6) is 0 Å². The van der Waals surface area contributed by atoms with Crippen LogP contribution in [0.2, 0.25) is 0 Å². The minimum Gasteiger partial charge on any atom is -0.388 e. The average Bonchev–Trinajstić information content (AvgIpc) is 2.35. The van der Waals surface area contributed by atoms with E-state index in [1.54, 1.807) is 0 Å². The predicted octanol–water partition coefficient (Wildman–Crippen LogP) is 4.34. The zero-order valence-electron chi connectivity index (χ0n) is 9.43. The second-order valence-corrected chi connectivity index (χ2v) is 5.39.